The Bertz CT molecular complexity index is 1020. The number of H-pyrrole nitrogens is 1. The van der Waals surface area contributed by atoms with Crippen LogP contribution in [0.2, 0.25) is 0 Å². The number of nitrogens with two attached hydrogens (primary N) is 1. The lowest BCUT2D eigenvalue weighted by atomic mass is 10.0. The highest BCUT2D eigenvalue weighted by Gasteiger charge is 2.15. The molecule has 0 saturated carbocycles. The van der Waals surface area contributed by atoms with E-state index in [0.29, 0.717) is 4.70 Å². The zero-order chi connectivity index (χ0) is 17.4. The van der Waals surface area contributed by atoms with Crippen LogP contribution in [0.5, 0.6) is 5.75 Å². The zero-order valence-corrected chi connectivity index (χ0v) is 17.1. The van der Waals surface area contributed by atoms with Crippen LogP contribution in [0.25, 0.3) is 27.1 Å². The van der Waals surface area contributed by atoms with Crippen molar-refractivity contribution in [2.75, 3.05) is 19.6 Å². The van der Waals surface area contributed by atoms with E-state index in [2.05, 4.69) is 16.0 Å². The molecule has 8 heteroatoms. The van der Waals surface area contributed by atoms with Crippen molar-refractivity contribution in [2.45, 2.75) is 18.9 Å². The normalized spacial score (nSPS) is 17.9. The molecule has 1 aliphatic heterocycles. The highest BCUT2D eigenvalue weighted by Crippen LogP contribution is 2.33. The average molecular weight is 428 g/mol. The summed E-state index contributed by atoms with van der Waals surface area (Å²) in [7, 11) is 0. The predicted octanol–water partition coefficient (Wildman–Crippen LogP) is 3.73. The summed E-state index contributed by atoms with van der Waals surface area (Å²) >= 11 is 1.42. The minimum atomic E-state index is -0.0829. The van der Waals surface area contributed by atoms with Gasteiger partial charge in [-0.2, -0.15) is 0 Å². The fourth-order valence-electron chi connectivity index (χ4n) is 3.61. The molecule has 3 heterocycles. The molecule has 1 aliphatic rings. The smallest absolute Gasteiger partial charge is 0.266 e. The number of aromatic hydroxyl groups is 1. The average Bonchev–Trinajstić information content (AvgIpc) is 3.08. The summed E-state index contributed by atoms with van der Waals surface area (Å²) in [5, 5.41) is 14.1. The number of phenols is 1. The summed E-state index contributed by atoms with van der Waals surface area (Å²) in [6.07, 6.45) is 6.24. The van der Waals surface area contributed by atoms with Crippen molar-refractivity contribution < 1.29 is 5.11 Å². The van der Waals surface area contributed by atoms with Gasteiger partial charge in [-0.1, -0.05) is 12.2 Å². The number of piperidine rings is 1. The molecule has 0 aliphatic carbocycles. The Morgan fingerprint density at radius 3 is 2.93 bits per heavy atom. The second-order valence-electron chi connectivity index (χ2n) is 6.60. The maximum absolute atomic E-state index is 12.2. The molecule has 0 amide bonds. The first kappa shape index (κ1) is 21.7. The van der Waals surface area contributed by atoms with Gasteiger partial charge in [0.1, 0.15) is 10.4 Å². The fraction of sp³-hybridized carbons (Fsp3) is 0.316. The monoisotopic (exact) mass is 427 g/mol. The van der Waals surface area contributed by atoms with Gasteiger partial charge in [0.05, 0.1) is 0 Å². The number of nitrogens with zero attached hydrogens (tertiary/aromatic N) is 1. The van der Waals surface area contributed by atoms with Crippen LogP contribution in [0.3, 0.4) is 0 Å². The molecule has 0 spiro atoms. The van der Waals surface area contributed by atoms with Crippen LogP contribution in [0.1, 0.15) is 18.4 Å². The molecular formula is C19H23Cl2N3O2S. The van der Waals surface area contributed by atoms with E-state index in [0.717, 1.165) is 54.3 Å². The lowest BCUT2D eigenvalue weighted by Gasteiger charge is -2.29. The highest BCUT2D eigenvalue weighted by atomic mass is 35.5. The van der Waals surface area contributed by atoms with E-state index in [9.17, 15) is 9.90 Å². The number of hydrogen-bond donors (Lipinski definition) is 3. The Morgan fingerprint density at radius 1 is 1.33 bits per heavy atom. The number of aromatic nitrogens is 1. The summed E-state index contributed by atoms with van der Waals surface area (Å²) in [6, 6.07) is 5.58. The van der Waals surface area contributed by atoms with Gasteiger partial charge in [0, 0.05) is 41.0 Å². The predicted molar refractivity (Wildman–Crippen MR) is 119 cm³/mol. The van der Waals surface area contributed by atoms with Crippen molar-refractivity contribution in [3.05, 3.63) is 45.6 Å². The Labute approximate surface area is 173 Å². The van der Waals surface area contributed by atoms with Crippen molar-refractivity contribution >= 4 is 63.2 Å². The zero-order valence-electron chi connectivity index (χ0n) is 14.7. The summed E-state index contributed by atoms with van der Waals surface area (Å²) in [5.74, 6) is 0.221. The van der Waals surface area contributed by atoms with Crippen molar-refractivity contribution in [2.24, 2.45) is 5.73 Å². The molecule has 0 radical (unpaired) electrons. The number of fused-ring (bicyclic) bond motifs is 3. The Balaban J connectivity index is 0.00000131. The van der Waals surface area contributed by atoms with Gasteiger partial charge in [-0.05, 0) is 43.0 Å². The third-order valence-corrected chi connectivity index (χ3v) is 5.71. The molecule has 1 saturated heterocycles. The van der Waals surface area contributed by atoms with Crippen LogP contribution in [0.4, 0.5) is 0 Å². The number of likely N-dealkylation sites (tertiary alicyclic amines) is 1. The number of hydrogen-bond acceptors (Lipinski definition) is 5. The minimum Gasteiger partial charge on any atom is -0.507 e. The van der Waals surface area contributed by atoms with Gasteiger partial charge in [-0.3, -0.25) is 9.69 Å². The van der Waals surface area contributed by atoms with E-state index in [1.807, 2.05) is 17.5 Å². The number of benzene rings is 1. The van der Waals surface area contributed by atoms with E-state index < -0.39 is 0 Å². The molecule has 1 unspecified atom stereocenters. The third kappa shape index (κ3) is 4.31. The van der Waals surface area contributed by atoms with E-state index in [1.54, 1.807) is 12.1 Å². The summed E-state index contributed by atoms with van der Waals surface area (Å²) < 4.78 is 0.690. The van der Waals surface area contributed by atoms with Crippen molar-refractivity contribution in [3.63, 3.8) is 0 Å². The lowest BCUT2D eigenvalue weighted by molar-refractivity contribution is 0.229. The van der Waals surface area contributed by atoms with Gasteiger partial charge in [-0.15, -0.1) is 36.2 Å². The number of nitrogens with one attached hydrogen (secondary N) is 1. The Morgan fingerprint density at radius 2 is 2.15 bits per heavy atom. The van der Waals surface area contributed by atoms with Gasteiger partial charge < -0.3 is 15.8 Å². The van der Waals surface area contributed by atoms with Crippen LogP contribution in [0, 0.1) is 0 Å². The molecule has 1 atom stereocenters. The first-order valence-corrected chi connectivity index (χ1v) is 9.41. The molecule has 3 aromatic rings. The van der Waals surface area contributed by atoms with Gasteiger partial charge in [0.2, 0.25) is 0 Å². The minimum absolute atomic E-state index is 0. The highest BCUT2D eigenvalue weighted by molar-refractivity contribution is 7.17. The molecular weight excluding hydrogens is 405 g/mol. The van der Waals surface area contributed by atoms with E-state index >= 15 is 0 Å². The first-order chi connectivity index (χ1) is 12.1. The molecule has 5 nitrogen and oxygen atoms in total. The first-order valence-electron chi connectivity index (χ1n) is 8.53. The van der Waals surface area contributed by atoms with Gasteiger partial charge >= 0.3 is 0 Å². The molecule has 0 bridgehead atoms. The quantitative estimate of drug-likeness (QED) is 0.594. The third-order valence-electron chi connectivity index (χ3n) is 4.80. The van der Waals surface area contributed by atoms with Crippen molar-refractivity contribution in [3.8, 4) is 5.75 Å². The number of phenolic OH excluding ortho intramolecular Hbond substituents is 1. The van der Waals surface area contributed by atoms with Gasteiger partial charge in [0.25, 0.3) is 5.56 Å². The largest absolute Gasteiger partial charge is 0.507 e. The molecule has 1 aromatic carbocycles. The van der Waals surface area contributed by atoms with Crippen molar-refractivity contribution in [1.82, 2.24) is 9.88 Å². The number of rotatable bonds is 3. The van der Waals surface area contributed by atoms with E-state index in [1.165, 1.54) is 11.3 Å². The van der Waals surface area contributed by atoms with Crippen LogP contribution in [-0.2, 0) is 0 Å². The standard InChI is InChI=1S/C19H21N3O2S.2ClH/c20-12-3-1-8-22(11-12)9-2-4-13-16(23)6-5-15-17(13)14-7-10-25-18(14)19(24)21-15;;/h2,4-7,10,12,23H,1,3,8-9,11,20H2,(H,21,24);2*1H/b4-2+;;. The van der Waals surface area contributed by atoms with E-state index in [4.69, 9.17) is 5.73 Å². The number of halogens is 2. The molecule has 1 fully saturated rings. The van der Waals surface area contributed by atoms with Crippen LogP contribution < -0.4 is 11.3 Å². The Kier molecular flexibility index (Phi) is 7.31. The number of aromatic amines is 1. The second-order valence-corrected chi connectivity index (χ2v) is 7.52. The SMILES string of the molecule is Cl.Cl.NC1CCCN(C/C=C/c2c(O)ccc3[nH]c(=O)c4sccc4c23)C1. The molecule has 4 rings (SSSR count). The summed E-state index contributed by atoms with van der Waals surface area (Å²) in [6.45, 7) is 2.77. The fourth-order valence-corrected chi connectivity index (χ4v) is 4.40. The summed E-state index contributed by atoms with van der Waals surface area (Å²) in [4.78, 5) is 17.4. The van der Waals surface area contributed by atoms with Gasteiger partial charge in [0.15, 0.2) is 0 Å². The maximum atomic E-state index is 12.2. The van der Waals surface area contributed by atoms with E-state index in [-0.39, 0.29) is 42.2 Å². The number of thiophene rings is 1. The van der Waals surface area contributed by atoms with Crippen LogP contribution >= 0.6 is 36.2 Å². The molecule has 4 N–H and O–H groups in total. The lowest BCUT2D eigenvalue weighted by Crippen LogP contribution is -2.42. The summed E-state index contributed by atoms with van der Waals surface area (Å²) in [5.41, 5.74) is 7.44. The molecule has 27 heavy (non-hydrogen) atoms. The topological polar surface area (TPSA) is 82.3 Å². The van der Waals surface area contributed by atoms with Crippen molar-refractivity contribution in [1.29, 1.82) is 0 Å². The molecule has 146 valence electrons. The Hall–Kier alpha value is -1.57. The van der Waals surface area contributed by atoms with Crippen LogP contribution in [0.15, 0.2) is 34.4 Å². The van der Waals surface area contributed by atoms with Gasteiger partial charge in [-0.25, -0.2) is 0 Å². The number of pyridine rings is 1. The molecule has 2 aromatic heterocycles. The van der Waals surface area contributed by atoms with Crippen LogP contribution in [-0.4, -0.2) is 40.7 Å². The maximum Gasteiger partial charge on any atom is 0.266 e. The second kappa shape index (κ2) is 9.08.